The molecule has 1 atom stereocenters. The molecule has 2 N–H and O–H groups in total. The fourth-order valence-electron chi connectivity index (χ4n) is 1.14. The molecule has 4 nitrogen and oxygen atoms in total. The largest absolute Gasteiger partial charge is 0.466 e. The van der Waals surface area contributed by atoms with Crippen molar-refractivity contribution in [1.29, 1.82) is 0 Å². The second-order valence-corrected chi connectivity index (χ2v) is 4.05. The number of ether oxygens (including phenoxy) is 1. The van der Waals surface area contributed by atoms with Gasteiger partial charge in [-0.1, -0.05) is 13.8 Å². The summed E-state index contributed by atoms with van der Waals surface area (Å²) in [6.07, 6.45) is 0.505. The summed E-state index contributed by atoms with van der Waals surface area (Å²) in [5.74, 6) is 0.315. The number of esters is 1. The molecule has 0 fully saturated rings. The Kier molecular flexibility index (Phi) is 8.33. The van der Waals surface area contributed by atoms with Crippen LogP contribution in [0.15, 0.2) is 0 Å². The van der Waals surface area contributed by atoms with Crippen molar-refractivity contribution in [2.24, 2.45) is 5.92 Å². The lowest BCUT2D eigenvalue weighted by Gasteiger charge is -2.11. The van der Waals surface area contributed by atoms with Crippen LogP contribution in [0.3, 0.4) is 0 Å². The lowest BCUT2D eigenvalue weighted by molar-refractivity contribution is -0.145. The number of carbonyl (C=O) groups excluding carboxylic acids is 1. The van der Waals surface area contributed by atoms with Crippen molar-refractivity contribution in [3.8, 4) is 0 Å². The van der Waals surface area contributed by atoms with Crippen LogP contribution in [0.5, 0.6) is 0 Å². The second kappa shape index (κ2) is 8.68. The van der Waals surface area contributed by atoms with Crippen molar-refractivity contribution in [3.05, 3.63) is 0 Å². The molecule has 0 saturated carbocycles. The summed E-state index contributed by atoms with van der Waals surface area (Å²) in [6.45, 7) is 7.74. The van der Waals surface area contributed by atoms with Crippen molar-refractivity contribution in [3.63, 3.8) is 0 Å². The molecule has 0 aromatic heterocycles. The Balaban J connectivity index is 3.40. The smallest absolute Gasteiger partial charge is 0.308 e. The van der Waals surface area contributed by atoms with Crippen LogP contribution in [0.25, 0.3) is 0 Å². The van der Waals surface area contributed by atoms with Gasteiger partial charge in [-0.2, -0.15) is 0 Å². The highest BCUT2D eigenvalue weighted by Gasteiger charge is 2.10. The predicted octanol–water partition coefficient (Wildman–Crippen LogP) is 0.936. The zero-order chi connectivity index (χ0) is 11.7. The van der Waals surface area contributed by atoms with E-state index in [-0.39, 0.29) is 12.4 Å². The van der Waals surface area contributed by atoms with Crippen LogP contribution in [0.1, 0.15) is 33.6 Å². The summed E-state index contributed by atoms with van der Waals surface area (Å²) in [6, 6.07) is 0. The number of hydrogen-bond donors (Lipinski definition) is 2. The Morgan fingerprint density at radius 3 is 2.67 bits per heavy atom. The second-order valence-electron chi connectivity index (χ2n) is 4.05. The molecule has 15 heavy (non-hydrogen) atoms. The number of hydrogen-bond acceptors (Lipinski definition) is 4. The number of nitrogens with one attached hydrogen (secondary N) is 1. The van der Waals surface area contributed by atoms with Crippen LogP contribution in [-0.4, -0.2) is 36.9 Å². The molecule has 0 aliphatic carbocycles. The molecule has 0 saturated heterocycles. The molecule has 0 aliphatic heterocycles. The summed E-state index contributed by atoms with van der Waals surface area (Å²) in [4.78, 5) is 11.0. The van der Waals surface area contributed by atoms with E-state index in [9.17, 15) is 9.90 Å². The van der Waals surface area contributed by atoms with Gasteiger partial charge in [0.15, 0.2) is 0 Å². The third kappa shape index (κ3) is 9.69. The van der Waals surface area contributed by atoms with Gasteiger partial charge < -0.3 is 15.2 Å². The number of aliphatic hydroxyl groups excluding tert-OH is 1. The van der Waals surface area contributed by atoms with E-state index in [4.69, 9.17) is 4.74 Å². The minimum atomic E-state index is -0.642. The van der Waals surface area contributed by atoms with Gasteiger partial charge in [-0.15, -0.1) is 0 Å². The summed E-state index contributed by atoms with van der Waals surface area (Å²) >= 11 is 0. The average Bonchev–Trinajstić information content (AvgIpc) is 2.12. The summed E-state index contributed by atoms with van der Waals surface area (Å²) in [5, 5.41) is 12.6. The first-order valence-corrected chi connectivity index (χ1v) is 5.60. The third-order valence-corrected chi connectivity index (χ3v) is 1.99. The Morgan fingerprint density at radius 1 is 1.47 bits per heavy atom. The molecule has 1 unspecified atom stereocenters. The van der Waals surface area contributed by atoms with Crippen LogP contribution in [-0.2, 0) is 9.53 Å². The molecule has 0 amide bonds. The lowest BCUT2D eigenvalue weighted by atomic mass is 10.1. The van der Waals surface area contributed by atoms with E-state index in [1.54, 1.807) is 6.92 Å². The molecule has 0 aromatic carbocycles. The van der Waals surface area contributed by atoms with E-state index in [0.29, 0.717) is 19.1 Å². The van der Waals surface area contributed by atoms with Gasteiger partial charge in [0.2, 0.25) is 0 Å². The first kappa shape index (κ1) is 14.4. The third-order valence-electron chi connectivity index (χ3n) is 1.99. The van der Waals surface area contributed by atoms with Crippen molar-refractivity contribution >= 4 is 5.97 Å². The van der Waals surface area contributed by atoms with E-state index in [2.05, 4.69) is 19.2 Å². The zero-order valence-electron chi connectivity index (χ0n) is 9.95. The maximum atomic E-state index is 11.0. The highest BCUT2D eigenvalue weighted by atomic mass is 16.5. The summed E-state index contributed by atoms with van der Waals surface area (Å²) in [5.41, 5.74) is 0. The van der Waals surface area contributed by atoms with Crippen LogP contribution in [0.4, 0.5) is 0 Å². The van der Waals surface area contributed by atoms with E-state index in [1.165, 1.54) is 0 Å². The number of rotatable bonds is 8. The maximum Gasteiger partial charge on any atom is 0.308 e. The maximum absolute atomic E-state index is 11.0. The Labute approximate surface area is 92.0 Å². The molecule has 4 heteroatoms. The molecule has 0 heterocycles. The van der Waals surface area contributed by atoms with Crippen LogP contribution in [0.2, 0.25) is 0 Å². The molecule has 90 valence electrons. The Morgan fingerprint density at radius 2 is 2.13 bits per heavy atom. The van der Waals surface area contributed by atoms with Crippen molar-refractivity contribution in [2.45, 2.75) is 39.7 Å². The summed E-state index contributed by atoms with van der Waals surface area (Å²) < 4.78 is 4.73. The summed E-state index contributed by atoms with van der Waals surface area (Å²) in [7, 11) is 0. The predicted molar refractivity (Wildman–Crippen MR) is 59.6 cm³/mol. The van der Waals surface area contributed by atoms with Gasteiger partial charge in [-0.05, 0) is 25.8 Å². The molecule has 0 aliphatic rings. The molecule has 0 radical (unpaired) electrons. The Bertz CT molecular complexity index is 171. The van der Waals surface area contributed by atoms with E-state index < -0.39 is 6.10 Å². The van der Waals surface area contributed by atoms with Crippen molar-refractivity contribution in [2.75, 3.05) is 19.7 Å². The fraction of sp³-hybridized carbons (Fsp3) is 0.909. The highest BCUT2D eigenvalue weighted by Crippen LogP contribution is 1.97. The van der Waals surface area contributed by atoms with Crippen LogP contribution in [0, 0.1) is 5.92 Å². The lowest BCUT2D eigenvalue weighted by Crippen LogP contribution is -2.30. The van der Waals surface area contributed by atoms with Gasteiger partial charge in [0, 0.05) is 6.54 Å². The van der Waals surface area contributed by atoms with E-state index in [0.717, 1.165) is 13.0 Å². The van der Waals surface area contributed by atoms with Gasteiger partial charge in [0.1, 0.15) is 0 Å². The van der Waals surface area contributed by atoms with Crippen LogP contribution < -0.4 is 5.32 Å². The Hall–Kier alpha value is -0.610. The number of carbonyl (C=O) groups is 1. The number of aliphatic hydroxyl groups is 1. The van der Waals surface area contributed by atoms with Gasteiger partial charge in [0.25, 0.3) is 0 Å². The van der Waals surface area contributed by atoms with Gasteiger partial charge in [-0.25, -0.2) is 0 Å². The molecular weight excluding hydrogens is 194 g/mol. The minimum absolute atomic E-state index is 0.0719. The van der Waals surface area contributed by atoms with Crippen LogP contribution >= 0.6 is 0 Å². The monoisotopic (exact) mass is 217 g/mol. The standard InChI is InChI=1S/C11H23NO3/c1-4-15-11(14)7-10(13)8-12-6-5-9(2)3/h9-10,12-13H,4-8H2,1-3H3. The first-order valence-electron chi connectivity index (χ1n) is 5.60. The molecule has 0 bridgehead atoms. The van der Waals surface area contributed by atoms with Gasteiger partial charge >= 0.3 is 5.97 Å². The SMILES string of the molecule is CCOC(=O)CC(O)CNCCC(C)C. The molecule has 0 rings (SSSR count). The molecular formula is C11H23NO3. The van der Waals surface area contributed by atoms with Crippen molar-refractivity contribution < 1.29 is 14.6 Å². The molecule has 0 aromatic rings. The quantitative estimate of drug-likeness (QED) is 0.469. The molecule has 0 spiro atoms. The first-order chi connectivity index (χ1) is 7.06. The fourth-order valence-corrected chi connectivity index (χ4v) is 1.14. The van der Waals surface area contributed by atoms with Crippen molar-refractivity contribution in [1.82, 2.24) is 5.32 Å². The van der Waals surface area contributed by atoms with Gasteiger partial charge in [-0.3, -0.25) is 4.79 Å². The highest BCUT2D eigenvalue weighted by molar-refractivity contribution is 5.69. The topological polar surface area (TPSA) is 58.6 Å². The minimum Gasteiger partial charge on any atom is -0.466 e. The zero-order valence-corrected chi connectivity index (χ0v) is 9.95. The van der Waals surface area contributed by atoms with E-state index in [1.807, 2.05) is 0 Å². The van der Waals surface area contributed by atoms with E-state index >= 15 is 0 Å². The average molecular weight is 217 g/mol. The normalized spacial score (nSPS) is 12.9. The van der Waals surface area contributed by atoms with Gasteiger partial charge in [0.05, 0.1) is 19.1 Å².